The predicted molar refractivity (Wildman–Crippen MR) is 54.9 cm³/mol. The van der Waals surface area contributed by atoms with Gasteiger partial charge in [0.2, 0.25) is 17.8 Å². The number of hydrogen-bond acceptors (Lipinski definition) is 4. The Balaban J connectivity index is 2.32. The van der Waals surface area contributed by atoms with Gasteiger partial charge in [-0.3, -0.25) is 4.79 Å². The molecule has 1 aromatic heterocycles. The number of hydrogen-bond donors (Lipinski definition) is 0. The van der Waals surface area contributed by atoms with Gasteiger partial charge in [0.1, 0.15) is 5.25 Å². The summed E-state index contributed by atoms with van der Waals surface area (Å²) in [6.07, 6.45) is -0.551. The van der Waals surface area contributed by atoms with E-state index < -0.39 is 46.2 Å². The summed E-state index contributed by atoms with van der Waals surface area (Å²) in [5.41, 5.74) is -0.184. The van der Waals surface area contributed by atoms with Crippen LogP contribution in [0.5, 0.6) is 0 Å². The van der Waals surface area contributed by atoms with E-state index in [1.165, 1.54) is 0 Å². The van der Waals surface area contributed by atoms with Crippen LogP contribution >= 0.6 is 0 Å². The van der Waals surface area contributed by atoms with Crippen LogP contribution in [-0.2, 0) is 15.0 Å². The van der Waals surface area contributed by atoms with Gasteiger partial charge in [-0.15, -0.1) is 3.89 Å². The standard InChI is InChI=1S/C9H7F3N2O3S/c10-7-1-5(2-8(11)13-7)14-4-6(3-9(14)15)18(12,16)17/h1-2,6H,3-4H2. The molecule has 0 radical (unpaired) electrons. The van der Waals surface area contributed by atoms with Gasteiger partial charge in [0.05, 0.1) is 5.69 Å². The number of carbonyl (C=O) groups excluding carboxylic acids is 1. The fourth-order valence-electron chi connectivity index (χ4n) is 1.72. The van der Waals surface area contributed by atoms with Crippen molar-refractivity contribution < 1.29 is 25.9 Å². The average Bonchev–Trinajstić information content (AvgIpc) is 2.58. The molecule has 1 aliphatic heterocycles. The molecule has 2 heterocycles. The number of pyridine rings is 1. The minimum atomic E-state index is -4.86. The second-order valence-electron chi connectivity index (χ2n) is 3.78. The van der Waals surface area contributed by atoms with Crippen LogP contribution < -0.4 is 4.90 Å². The Kier molecular flexibility index (Phi) is 3.01. The van der Waals surface area contributed by atoms with Crippen molar-refractivity contribution in [3.8, 4) is 0 Å². The number of anilines is 1. The van der Waals surface area contributed by atoms with E-state index >= 15 is 0 Å². The second kappa shape index (κ2) is 4.23. The zero-order valence-corrected chi connectivity index (χ0v) is 9.62. The largest absolute Gasteiger partial charge is 0.311 e. The van der Waals surface area contributed by atoms with Crippen molar-refractivity contribution in [1.29, 1.82) is 0 Å². The summed E-state index contributed by atoms with van der Waals surface area (Å²) >= 11 is 0. The number of nitrogens with zero attached hydrogens (tertiary/aromatic N) is 2. The lowest BCUT2D eigenvalue weighted by molar-refractivity contribution is -0.117. The summed E-state index contributed by atoms with van der Waals surface area (Å²) in [5.74, 6) is -3.01. The van der Waals surface area contributed by atoms with Gasteiger partial charge < -0.3 is 4.90 Å². The molecule has 0 spiro atoms. The number of amides is 1. The van der Waals surface area contributed by atoms with E-state index in [9.17, 15) is 25.9 Å². The first kappa shape index (κ1) is 12.8. The molecule has 0 aromatic carbocycles. The van der Waals surface area contributed by atoms with Gasteiger partial charge in [-0.2, -0.15) is 22.2 Å². The summed E-state index contributed by atoms with van der Waals surface area (Å²) in [5, 5.41) is -1.51. The van der Waals surface area contributed by atoms with Crippen LogP contribution in [0.15, 0.2) is 12.1 Å². The Morgan fingerprint density at radius 2 is 1.83 bits per heavy atom. The molecular formula is C9H7F3N2O3S. The zero-order chi connectivity index (χ0) is 13.5. The molecule has 18 heavy (non-hydrogen) atoms. The van der Waals surface area contributed by atoms with Crippen LogP contribution in [0, 0.1) is 11.9 Å². The second-order valence-corrected chi connectivity index (χ2v) is 5.39. The van der Waals surface area contributed by atoms with Crippen molar-refractivity contribution in [2.45, 2.75) is 11.7 Å². The molecule has 1 amide bonds. The van der Waals surface area contributed by atoms with Crippen molar-refractivity contribution in [3.63, 3.8) is 0 Å². The zero-order valence-electron chi connectivity index (χ0n) is 8.81. The van der Waals surface area contributed by atoms with Crippen molar-refractivity contribution >= 4 is 21.8 Å². The Morgan fingerprint density at radius 1 is 1.28 bits per heavy atom. The summed E-state index contributed by atoms with van der Waals surface area (Å²) < 4.78 is 59.8. The molecule has 0 aliphatic carbocycles. The van der Waals surface area contributed by atoms with Crippen molar-refractivity contribution in [2.24, 2.45) is 0 Å². The van der Waals surface area contributed by atoms with Crippen molar-refractivity contribution in [2.75, 3.05) is 11.4 Å². The van der Waals surface area contributed by atoms with E-state index in [-0.39, 0.29) is 5.69 Å². The van der Waals surface area contributed by atoms with E-state index in [0.29, 0.717) is 0 Å². The van der Waals surface area contributed by atoms with Gasteiger partial charge in [0.25, 0.3) is 0 Å². The molecule has 2 rings (SSSR count). The first-order valence-electron chi connectivity index (χ1n) is 4.84. The van der Waals surface area contributed by atoms with Crippen LogP contribution in [0.2, 0.25) is 0 Å². The van der Waals surface area contributed by atoms with E-state index in [0.717, 1.165) is 17.0 Å². The Labute approximate surface area is 100 Å². The molecule has 5 nitrogen and oxygen atoms in total. The SMILES string of the molecule is O=C1CC(S(=O)(=O)F)CN1c1cc(F)nc(F)c1. The van der Waals surface area contributed by atoms with Gasteiger partial charge in [-0.05, 0) is 0 Å². The Bertz CT molecular complexity index is 585. The molecule has 1 aliphatic rings. The fraction of sp³-hybridized carbons (Fsp3) is 0.333. The minimum Gasteiger partial charge on any atom is -0.311 e. The molecule has 1 atom stereocenters. The molecular weight excluding hydrogens is 273 g/mol. The van der Waals surface area contributed by atoms with Crippen molar-refractivity contribution in [3.05, 3.63) is 24.0 Å². The first-order chi connectivity index (χ1) is 8.27. The van der Waals surface area contributed by atoms with Gasteiger partial charge >= 0.3 is 10.2 Å². The maximum absolute atomic E-state index is 12.9. The van der Waals surface area contributed by atoms with Gasteiger partial charge in [0, 0.05) is 25.1 Å². The molecule has 1 unspecified atom stereocenters. The Morgan fingerprint density at radius 3 is 2.28 bits per heavy atom. The maximum atomic E-state index is 12.9. The van der Waals surface area contributed by atoms with Crippen LogP contribution in [0.1, 0.15) is 6.42 Å². The van der Waals surface area contributed by atoms with Gasteiger partial charge in [-0.1, -0.05) is 0 Å². The third-order valence-corrected chi connectivity index (χ3v) is 3.66. The lowest BCUT2D eigenvalue weighted by atomic mass is 10.3. The lowest BCUT2D eigenvalue weighted by Gasteiger charge is -2.15. The molecule has 9 heteroatoms. The monoisotopic (exact) mass is 280 g/mol. The van der Waals surface area contributed by atoms with Crippen molar-refractivity contribution in [1.82, 2.24) is 4.98 Å². The molecule has 1 aromatic rings. The molecule has 0 saturated carbocycles. The van der Waals surface area contributed by atoms with Crippen LogP contribution in [0.25, 0.3) is 0 Å². The first-order valence-corrected chi connectivity index (χ1v) is 6.29. The van der Waals surface area contributed by atoms with Crippen LogP contribution in [0.4, 0.5) is 18.4 Å². The highest BCUT2D eigenvalue weighted by Crippen LogP contribution is 2.26. The number of aromatic nitrogens is 1. The maximum Gasteiger partial charge on any atom is 0.307 e. The third kappa shape index (κ3) is 2.45. The highest BCUT2D eigenvalue weighted by molar-refractivity contribution is 7.87. The van der Waals surface area contributed by atoms with Gasteiger partial charge in [0.15, 0.2) is 0 Å². The molecule has 0 N–H and O–H groups in total. The molecule has 1 fully saturated rings. The predicted octanol–water partition coefficient (Wildman–Crippen LogP) is 0.764. The van der Waals surface area contributed by atoms with Crippen LogP contribution in [0.3, 0.4) is 0 Å². The quantitative estimate of drug-likeness (QED) is 0.592. The lowest BCUT2D eigenvalue weighted by Crippen LogP contribution is -2.27. The molecule has 1 saturated heterocycles. The van der Waals surface area contributed by atoms with E-state index in [1.54, 1.807) is 0 Å². The Hall–Kier alpha value is -1.64. The number of halogens is 3. The summed E-state index contributed by atoms with van der Waals surface area (Å²) in [4.78, 5) is 15.1. The summed E-state index contributed by atoms with van der Waals surface area (Å²) in [6.45, 7) is -0.472. The normalized spacial score (nSPS) is 20.5. The average molecular weight is 280 g/mol. The number of rotatable bonds is 2. The van der Waals surface area contributed by atoms with E-state index in [1.807, 2.05) is 0 Å². The summed E-state index contributed by atoms with van der Waals surface area (Å²) in [6, 6.07) is 1.54. The van der Waals surface area contributed by atoms with E-state index in [2.05, 4.69) is 4.98 Å². The number of carbonyl (C=O) groups is 1. The van der Waals surface area contributed by atoms with Crippen LogP contribution in [-0.4, -0.2) is 31.1 Å². The smallest absolute Gasteiger partial charge is 0.307 e. The summed E-state index contributed by atoms with van der Waals surface area (Å²) in [7, 11) is -4.86. The molecule has 98 valence electrons. The van der Waals surface area contributed by atoms with Gasteiger partial charge in [-0.25, -0.2) is 0 Å². The molecule has 0 bridgehead atoms. The highest BCUT2D eigenvalue weighted by Gasteiger charge is 2.39. The fourth-order valence-corrected chi connectivity index (χ4v) is 2.39. The third-order valence-electron chi connectivity index (χ3n) is 2.55. The highest BCUT2D eigenvalue weighted by atomic mass is 32.3. The van der Waals surface area contributed by atoms with E-state index in [4.69, 9.17) is 0 Å². The minimum absolute atomic E-state index is 0.184. The topological polar surface area (TPSA) is 67.3 Å².